The summed E-state index contributed by atoms with van der Waals surface area (Å²) in [5.41, 5.74) is 4.10. The first kappa shape index (κ1) is 26.1. The zero-order valence-corrected chi connectivity index (χ0v) is 22.4. The van der Waals surface area contributed by atoms with Gasteiger partial charge < -0.3 is 9.15 Å². The average molecular weight is 575 g/mol. The number of imidazole rings is 1. The lowest BCUT2D eigenvalue weighted by Gasteiger charge is -2.13. The topological polar surface area (TPSA) is 125 Å². The number of aromatic nitrogens is 5. The molecule has 4 aromatic heterocycles. The van der Waals surface area contributed by atoms with Gasteiger partial charge in [0.15, 0.2) is 0 Å². The van der Waals surface area contributed by atoms with Crippen LogP contribution in [0.3, 0.4) is 0 Å². The van der Waals surface area contributed by atoms with E-state index < -0.39 is 26.6 Å². The summed E-state index contributed by atoms with van der Waals surface area (Å²) in [5.74, 6) is -1.55. The predicted molar refractivity (Wildman–Crippen MR) is 146 cm³/mol. The second-order valence-corrected chi connectivity index (χ2v) is 10.7. The van der Waals surface area contributed by atoms with Crippen molar-refractivity contribution in [3.63, 3.8) is 0 Å². The molecule has 0 aliphatic carbocycles. The number of fused-ring (bicyclic) bond motifs is 1. The number of sulfonamides is 1. The quantitative estimate of drug-likeness (QED) is 0.265. The Morgan fingerprint density at radius 3 is 2.51 bits per heavy atom. The highest BCUT2D eigenvalue weighted by Crippen LogP contribution is 2.32. The third-order valence-electron chi connectivity index (χ3n) is 6.22. The van der Waals surface area contributed by atoms with Crippen LogP contribution in [0.4, 0.5) is 14.5 Å². The van der Waals surface area contributed by atoms with E-state index in [9.17, 15) is 17.2 Å². The van der Waals surface area contributed by atoms with Crippen LogP contribution in [-0.2, 0) is 10.0 Å². The number of anilines is 1. The normalized spacial score (nSPS) is 11.6. The minimum atomic E-state index is -4.44. The molecule has 0 spiro atoms. The van der Waals surface area contributed by atoms with Gasteiger partial charge in [0.05, 0.1) is 13.3 Å². The molecule has 0 aliphatic rings. The van der Waals surface area contributed by atoms with Crippen molar-refractivity contribution in [1.29, 1.82) is 0 Å². The van der Waals surface area contributed by atoms with Crippen molar-refractivity contribution in [3.05, 3.63) is 96.5 Å². The summed E-state index contributed by atoms with van der Waals surface area (Å²) >= 11 is 0. The number of rotatable bonds is 7. The van der Waals surface area contributed by atoms with E-state index in [4.69, 9.17) is 9.15 Å². The number of hydrogen-bond donors (Lipinski definition) is 1. The fraction of sp³-hybridized carbons (Fsp3) is 0.0714. The molecule has 1 N–H and O–H groups in total. The second-order valence-electron chi connectivity index (χ2n) is 9.03. The van der Waals surface area contributed by atoms with Gasteiger partial charge in [0, 0.05) is 35.2 Å². The second kappa shape index (κ2) is 10.1. The van der Waals surface area contributed by atoms with Crippen LogP contribution in [0, 0.1) is 18.6 Å². The first-order valence-electron chi connectivity index (χ1n) is 12.1. The SMILES string of the molecule is COc1ncc(-c2ccc3ncc(-c4nnc(-c5cccc(C)c5)o4)n3c2)cc1NS(=O)(=O)c1ccc(F)cc1F. The summed E-state index contributed by atoms with van der Waals surface area (Å²) in [7, 11) is -3.12. The number of benzene rings is 2. The van der Waals surface area contributed by atoms with Crippen LogP contribution in [0.2, 0.25) is 0 Å². The number of pyridine rings is 2. The number of aryl methyl sites for hydroxylation is 1. The van der Waals surface area contributed by atoms with Crippen molar-refractivity contribution in [2.24, 2.45) is 0 Å². The van der Waals surface area contributed by atoms with E-state index in [0.29, 0.717) is 34.4 Å². The Morgan fingerprint density at radius 1 is 0.902 bits per heavy atom. The van der Waals surface area contributed by atoms with Gasteiger partial charge in [0.2, 0.25) is 11.8 Å². The Hall–Kier alpha value is -5.17. The number of nitrogens with one attached hydrogen (secondary N) is 1. The van der Waals surface area contributed by atoms with Crippen LogP contribution in [0.5, 0.6) is 5.88 Å². The van der Waals surface area contributed by atoms with Gasteiger partial charge in [-0.3, -0.25) is 9.12 Å². The van der Waals surface area contributed by atoms with Crippen molar-refractivity contribution in [3.8, 4) is 40.0 Å². The standard InChI is InChI=1S/C28H20F2N6O4S/c1-16-4-3-5-17(10-16)26-33-34-28(40-26)23-14-31-25-9-6-18(15-36(23)25)19-11-22(27(39-2)32-13-19)35-41(37,38)24-8-7-20(29)12-21(24)30/h3-15,35H,1-2H3. The van der Waals surface area contributed by atoms with Crippen LogP contribution in [0.25, 0.3) is 39.8 Å². The molecule has 6 rings (SSSR count). The molecule has 0 fully saturated rings. The number of halogens is 2. The lowest BCUT2D eigenvalue weighted by atomic mass is 10.1. The number of nitrogens with zero attached hydrogens (tertiary/aromatic N) is 5. The van der Waals surface area contributed by atoms with Gasteiger partial charge in [-0.05, 0) is 49.4 Å². The summed E-state index contributed by atoms with van der Waals surface area (Å²) < 4.78 is 68.6. The van der Waals surface area contributed by atoms with Crippen molar-refractivity contribution < 1.29 is 26.4 Å². The van der Waals surface area contributed by atoms with E-state index in [2.05, 4.69) is 24.9 Å². The zero-order valence-electron chi connectivity index (χ0n) is 21.5. The minimum Gasteiger partial charge on any atom is -0.480 e. The molecular formula is C28H20F2N6O4S. The molecule has 206 valence electrons. The largest absolute Gasteiger partial charge is 0.480 e. The monoisotopic (exact) mass is 574 g/mol. The van der Waals surface area contributed by atoms with Crippen LogP contribution in [0.15, 0.2) is 88.6 Å². The van der Waals surface area contributed by atoms with Crippen molar-refractivity contribution in [2.45, 2.75) is 11.8 Å². The summed E-state index contributed by atoms with van der Waals surface area (Å²) in [5, 5.41) is 8.38. The summed E-state index contributed by atoms with van der Waals surface area (Å²) in [6, 6.07) is 14.9. The summed E-state index contributed by atoms with van der Waals surface area (Å²) in [6.07, 6.45) is 4.86. The molecule has 2 aromatic carbocycles. The maximum absolute atomic E-state index is 14.3. The minimum absolute atomic E-state index is 0.0422. The molecule has 0 saturated carbocycles. The molecule has 0 bridgehead atoms. The Morgan fingerprint density at radius 2 is 1.73 bits per heavy atom. The third kappa shape index (κ3) is 4.98. The van der Waals surface area contributed by atoms with E-state index in [1.807, 2.05) is 31.2 Å². The Bertz CT molecular complexity index is 2040. The highest BCUT2D eigenvalue weighted by atomic mass is 32.2. The predicted octanol–water partition coefficient (Wildman–Crippen LogP) is 5.51. The third-order valence-corrected chi connectivity index (χ3v) is 7.62. The molecule has 13 heteroatoms. The molecule has 0 atom stereocenters. The Kier molecular flexibility index (Phi) is 6.42. The lowest BCUT2D eigenvalue weighted by molar-refractivity contribution is 0.400. The van der Waals surface area contributed by atoms with Crippen LogP contribution >= 0.6 is 0 Å². The molecule has 0 amide bonds. The van der Waals surface area contributed by atoms with Crippen LogP contribution in [-0.4, -0.2) is 40.1 Å². The maximum Gasteiger partial charge on any atom is 0.266 e. The van der Waals surface area contributed by atoms with E-state index in [1.165, 1.54) is 19.4 Å². The van der Waals surface area contributed by atoms with Crippen LogP contribution in [0.1, 0.15) is 5.56 Å². The van der Waals surface area contributed by atoms with Crippen molar-refractivity contribution in [2.75, 3.05) is 11.8 Å². The van der Waals surface area contributed by atoms with E-state index in [-0.39, 0.29) is 17.5 Å². The fourth-order valence-electron chi connectivity index (χ4n) is 4.27. The molecule has 6 aromatic rings. The summed E-state index contributed by atoms with van der Waals surface area (Å²) in [4.78, 5) is 7.90. The van der Waals surface area contributed by atoms with Crippen molar-refractivity contribution in [1.82, 2.24) is 24.6 Å². The van der Waals surface area contributed by atoms with Gasteiger partial charge in [0.25, 0.3) is 15.9 Å². The van der Waals surface area contributed by atoms with Crippen LogP contribution < -0.4 is 9.46 Å². The van der Waals surface area contributed by atoms with E-state index >= 15 is 0 Å². The van der Waals surface area contributed by atoms with Gasteiger partial charge in [0.1, 0.15) is 33.6 Å². The Labute approximate surface area is 232 Å². The maximum atomic E-state index is 14.3. The van der Waals surface area contributed by atoms with E-state index in [0.717, 1.165) is 23.3 Å². The molecular weight excluding hydrogens is 554 g/mol. The average Bonchev–Trinajstić information content (AvgIpc) is 3.59. The lowest BCUT2D eigenvalue weighted by Crippen LogP contribution is -2.15. The molecule has 10 nitrogen and oxygen atoms in total. The van der Waals surface area contributed by atoms with Gasteiger partial charge in [-0.15, -0.1) is 10.2 Å². The molecule has 0 aliphatic heterocycles. The van der Waals surface area contributed by atoms with Crippen molar-refractivity contribution >= 4 is 21.4 Å². The number of ether oxygens (including phenoxy) is 1. The van der Waals surface area contributed by atoms with Gasteiger partial charge in [-0.1, -0.05) is 17.7 Å². The number of hydrogen-bond acceptors (Lipinski definition) is 8. The van der Waals surface area contributed by atoms with E-state index in [1.54, 1.807) is 28.9 Å². The fourth-order valence-corrected chi connectivity index (χ4v) is 5.38. The molecule has 4 heterocycles. The smallest absolute Gasteiger partial charge is 0.266 e. The first-order valence-corrected chi connectivity index (χ1v) is 13.6. The van der Waals surface area contributed by atoms with Gasteiger partial charge >= 0.3 is 0 Å². The molecule has 0 saturated heterocycles. The molecule has 0 radical (unpaired) electrons. The van der Waals surface area contributed by atoms with Gasteiger partial charge in [-0.25, -0.2) is 27.2 Å². The molecule has 41 heavy (non-hydrogen) atoms. The Balaban J connectivity index is 1.37. The molecule has 0 unspecified atom stereocenters. The number of methoxy groups -OCH3 is 1. The summed E-state index contributed by atoms with van der Waals surface area (Å²) in [6.45, 7) is 1.97. The first-order chi connectivity index (χ1) is 19.7. The highest BCUT2D eigenvalue weighted by Gasteiger charge is 2.23. The highest BCUT2D eigenvalue weighted by molar-refractivity contribution is 7.92. The zero-order chi connectivity index (χ0) is 28.7. The van der Waals surface area contributed by atoms with Gasteiger partial charge in [-0.2, -0.15) is 0 Å².